The predicted octanol–water partition coefficient (Wildman–Crippen LogP) is 2.66. The molecule has 0 unspecified atom stereocenters. The molecule has 1 aromatic rings. The third-order valence-corrected chi connectivity index (χ3v) is 4.02. The lowest BCUT2D eigenvalue weighted by Crippen LogP contribution is -2.37. The molecule has 0 saturated carbocycles. The van der Waals surface area contributed by atoms with Crippen LogP contribution >= 0.6 is 0 Å². The SMILES string of the molecule is O=C(O)N1CCC(CCOc2ccc([N+](=O)[O-])c([N+](=O)[O-])c2)CC1. The lowest BCUT2D eigenvalue weighted by atomic mass is 9.94. The van der Waals surface area contributed by atoms with Crippen LogP contribution in [-0.4, -0.2) is 45.6 Å². The van der Waals surface area contributed by atoms with E-state index in [0.29, 0.717) is 32.0 Å². The smallest absolute Gasteiger partial charge is 0.407 e. The van der Waals surface area contributed by atoms with Crippen molar-refractivity contribution in [1.29, 1.82) is 0 Å². The molecule has 10 heteroatoms. The van der Waals surface area contributed by atoms with Crippen LogP contribution in [0.5, 0.6) is 5.75 Å². The molecule has 130 valence electrons. The quantitative estimate of drug-likeness (QED) is 0.621. The van der Waals surface area contributed by atoms with Crippen molar-refractivity contribution in [2.45, 2.75) is 19.3 Å². The maximum Gasteiger partial charge on any atom is 0.407 e. The number of nitro benzene ring substituents is 2. The fourth-order valence-electron chi connectivity index (χ4n) is 2.65. The monoisotopic (exact) mass is 339 g/mol. The lowest BCUT2D eigenvalue weighted by molar-refractivity contribution is -0.422. The maximum atomic E-state index is 10.9. The van der Waals surface area contributed by atoms with E-state index in [9.17, 15) is 25.0 Å². The molecule has 24 heavy (non-hydrogen) atoms. The Labute approximate surface area is 136 Å². The zero-order chi connectivity index (χ0) is 17.7. The highest BCUT2D eigenvalue weighted by Crippen LogP contribution is 2.31. The molecule has 0 spiro atoms. The molecule has 1 saturated heterocycles. The van der Waals surface area contributed by atoms with E-state index in [4.69, 9.17) is 9.84 Å². The summed E-state index contributed by atoms with van der Waals surface area (Å²) in [5, 5.41) is 30.5. The number of hydrogen-bond acceptors (Lipinski definition) is 6. The molecule has 0 aliphatic carbocycles. The molecule has 1 aliphatic rings. The molecule has 0 radical (unpaired) electrons. The Morgan fingerprint density at radius 2 is 1.83 bits per heavy atom. The van der Waals surface area contributed by atoms with Gasteiger partial charge in [-0.25, -0.2) is 4.79 Å². The van der Waals surface area contributed by atoms with Gasteiger partial charge in [0.05, 0.1) is 22.5 Å². The van der Waals surface area contributed by atoms with Crippen LogP contribution in [0.1, 0.15) is 19.3 Å². The molecule has 10 nitrogen and oxygen atoms in total. The summed E-state index contributed by atoms with van der Waals surface area (Å²) in [6, 6.07) is 3.43. The first-order valence-corrected chi connectivity index (χ1v) is 7.42. The average Bonchev–Trinajstić information content (AvgIpc) is 2.55. The maximum absolute atomic E-state index is 10.9. The number of likely N-dealkylation sites (tertiary alicyclic amines) is 1. The van der Waals surface area contributed by atoms with Crippen molar-refractivity contribution in [3.05, 3.63) is 38.4 Å². The van der Waals surface area contributed by atoms with Gasteiger partial charge in [-0.3, -0.25) is 20.2 Å². The molecule has 1 heterocycles. The third-order valence-electron chi connectivity index (χ3n) is 4.02. The number of nitro groups is 2. The van der Waals surface area contributed by atoms with Gasteiger partial charge in [0.25, 0.3) is 0 Å². The Bertz CT molecular complexity index is 641. The molecule has 1 aliphatic heterocycles. The first-order valence-electron chi connectivity index (χ1n) is 7.42. The fourth-order valence-corrected chi connectivity index (χ4v) is 2.65. The zero-order valence-corrected chi connectivity index (χ0v) is 12.8. The molecule has 1 aromatic carbocycles. The van der Waals surface area contributed by atoms with Crippen LogP contribution in [0.25, 0.3) is 0 Å². The van der Waals surface area contributed by atoms with E-state index in [1.54, 1.807) is 0 Å². The normalized spacial score (nSPS) is 15.1. The van der Waals surface area contributed by atoms with Gasteiger partial charge in [-0.05, 0) is 31.2 Å². The van der Waals surface area contributed by atoms with Crippen molar-refractivity contribution in [2.24, 2.45) is 5.92 Å². The number of benzene rings is 1. The molecular formula is C14H17N3O7. The zero-order valence-electron chi connectivity index (χ0n) is 12.8. The molecule has 0 atom stereocenters. The van der Waals surface area contributed by atoms with E-state index in [2.05, 4.69) is 0 Å². The van der Waals surface area contributed by atoms with E-state index in [1.807, 2.05) is 0 Å². The number of rotatable bonds is 6. The minimum atomic E-state index is -0.914. The number of carbonyl (C=O) groups is 1. The minimum absolute atomic E-state index is 0.204. The number of nitrogens with zero attached hydrogens (tertiary/aromatic N) is 3. The summed E-state index contributed by atoms with van der Waals surface area (Å²) in [6.45, 7) is 1.29. The lowest BCUT2D eigenvalue weighted by Gasteiger charge is -2.29. The molecule has 0 bridgehead atoms. The summed E-state index contributed by atoms with van der Waals surface area (Å²) in [6.07, 6.45) is 1.27. The van der Waals surface area contributed by atoms with Crippen LogP contribution in [0.4, 0.5) is 16.2 Å². The number of ether oxygens (including phenoxy) is 1. The van der Waals surface area contributed by atoms with Crippen LogP contribution in [0, 0.1) is 26.1 Å². The van der Waals surface area contributed by atoms with E-state index < -0.39 is 27.3 Å². The van der Waals surface area contributed by atoms with Crippen molar-refractivity contribution < 1.29 is 24.5 Å². The highest BCUT2D eigenvalue weighted by molar-refractivity contribution is 5.65. The van der Waals surface area contributed by atoms with Gasteiger partial charge in [0.1, 0.15) is 5.75 Å². The van der Waals surface area contributed by atoms with E-state index in [-0.39, 0.29) is 5.75 Å². The molecule has 1 N–H and O–H groups in total. The Kier molecular flexibility index (Phi) is 5.51. The van der Waals surface area contributed by atoms with Gasteiger partial charge in [-0.15, -0.1) is 0 Å². The van der Waals surface area contributed by atoms with Crippen LogP contribution < -0.4 is 4.74 Å². The second kappa shape index (κ2) is 7.57. The van der Waals surface area contributed by atoms with E-state index in [1.165, 1.54) is 11.0 Å². The standard InChI is InChI=1S/C14H17N3O7/c18-14(19)15-6-3-10(4-7-15)5-8-24-11-1-2-12(16(20)21)13(9-11)17(22)23/h1-2,9-10H,3-8H2,(H,18,19). The van der Waals surface area contributed by atoms with Crippen LogP contribution in [0.15, 0.2) is 18.2 Å². The fraction of sp³-hybridized carbons (Fsp3) is 0.500. The van der Waals surface area contributed by atoms with Crippen molar-refractivity contribution in [2.75, 3.05) is 19.7 Å². The second-order valence-electron chi connectivity index (χ2n) is 5.51. The topological polar surface area (TPSA) is 136 Å². The van der Waals surface area contributed by atoms with Gasteiger partial charge in [0.15, 0.2) is 0 Å². The Morgan fingerprint density at radius 1 is 1.21 bits per heavy atom. The van der Waals surface area contributed by atoms with Crippen LogP contribution in [-0.2, 0) is 0 Å². The Morgan fingerprint density at radius 3 is 2.38 bits per heavy atom. The minimum Gasteiger partial charge on any atom is -0.493 e. The van der Waals surface area contributed by atoms with Crippen molar-refractivity contribution >= 4 is 17.5 Å². The molecular weight excluding hydrogens is 322 g/mol. The third kappa shape index (κ3) is 4.31. The molecule has 1 amide bonds. The van der Waals surface area contributed by atoms with E-state index in [0.717, 1.165) is 25.0 Å². The van der Waals surface area contributed by atoms with Crippen molar-refractivity contribution in [3.8, 4) is 5.75 Å². The molecule has 0 aromatic heterocycles. The number of hydrogen-bond donors (Lipinski definition) is 1. The van der Waals surface area contributed by atoms with Gasteiger partial charge in [-0.1, -0.05) is 0 Å². The molecule has 2 rings (SSSR count). The largest absolute Gasteiger partial charge is 0.493 e. The van der Waals surface area contributed by atoms with Gasteiger partial charge < -0.3 is 14.7 Å². The summed E-state index contributed by atoms with van der Waals surface area (Å²) < 4.78 is 5.45. The predicted molar refractivity (Wildman–Crippen MR) is 82.2 cm³/mol. The second-order valence-corrected chi connectivity index (χ2v) is 5.51. The summed E-state index contributed by atoms with van der Waals surface area (Å²) in [5.41, 5.74) is -1.18. The van der Waals surface area contributed by atoms with Crippen molar-refractivity contribution in [1.82, 2.24) is 4.90 Å². The first-order chi connectivity index (χ1) is 11.4. The highest BCUT2D eigenvalue weighted by Gasteiger charge is 2.25. The average molecular weight is 339 g/mol. The molecule has 1 fully saturated rings. The summed E-state index contributed by atoms with van der Waals surface area (Å²) in [5.74, 6) is 0.531. The number of carboxylic acid groups (broad SMARTS) is 1. The van der Waals surface area contributed by atoms with Crippen LogP contribution in [0.3, 0.4) is 0 Å². The summed E-state index contributed by atoms with van der Waals surface area (Å²) in [7, 11) is 0. The summed E-state index contributed by atoms with van der Waals surface area (Å²) in [4.78, 5) is 32.2. The summed E-state index contributed by atoms with van der Waals surface area (Å²) >= 11 is 0. The van der Waals surface area contributed by atoms with Gasteiger partial charge in [0.2, 0.25) is 0 Å². The highest BCUT2D eigenvalue weighted by atomic mass is 16.6. The first kappa shape index (κ1) is 17.4. The van der Waals surface area contributed by atoms with Gasteiger partial charge in [-0.2, -0.15) is 0 Å². The number of piperidine rings is 1. The number of amides is 1. The van der Waals surface area contributed by atoms with Gasteiger partial charge >= 0.3 is 17.5 Å². The van der Waals surface area contributed by atoms with Gasteiger partial charge in [0, 0.05) is 19.2 Å². The Hall–Kier alpha value is -2.91. The van der Waals surface area contributed by atoms with Crippen molar-refractivity contribution in [3.63, 3.8) is 0 Å². The van der Waals surface area contributed by atoms with E-state index >= 15 is 0 Å². The Balaban J connectivity index is 1.87. The van der Waals surface area contributed by atoms with Crippen LogP contribution in [0.2, 0.25) is 0 Å².